The van der Waals surface area contributed by atoms with Crippen molar-refractivity contribution in [2.45, 2.75) is 36.8 Å². The van der Waals surface area contributed by atoms with E-state index in [0.29, 0.717) is 0 Å². The Morgan fingerprint density at radius 2 is 1.79 bits per heavy atom. The van der Waals surface area contributed by atoms with Gasteiger partial charge >= 0.3 is 0 Å². The molecule has 1 fully saturated rings. The van der Waals surface area contributed by atoms with E-state index in [0.717, 1.165) is 5.75 Å². The maximum atomic E-state index is 9.51. The second kappa shape index (κ2) is 5.29. The fraction of sp³-hybridized carbons (Fsp3) is 1.00. The van der Waals surface area contributed by atoms with E-state index in [4.69, 9.17) is 9.84 Å². The summed E-state index contributed by atoms with van der Waals surface area (Å²) in [4.78, 5) is 0. The summed E-state index contributed by atoms with van der Waals surface area (Å²) in [6, 6.07) is 0. The number of aliphatic hydroxyl groups is 4. The summed E-state index contributed by atoms with van der Waals surface area (Å²) in [6.45, 7) is 1.53. The predicted molar refractivity (Wildman–Crippen MR) is 51.9 cm³/mol. The molecular weight excluding hydrogens is 208 g/mol. The third-order valence-corrected chi connectivity index (χ3v) is 3.23. The Morgan fingerprint density at radius 1 is 1.14 bits per heavy atom. The topological polar surface area (TPSA) is 90.2 Å². The Morgan fingerprint density at radius 3 is 2.29 bits per heavy atom. The lowest BCUT2D eigenvalue weighted by molar-refractivity contribution is -0.205. The molecule has 14 heavy (non-hydrogen) atoms. The first-order valence-corrected chi connectivity index (χ1v) is 5.58. The molecule has 0 bridgehead atoms. The largest absolute Gasteiger partial charge is 0.394 e. The highest BCUT2D eigenvalue weighted by molar-refractivity contribution is 7.99. The highest BCUT2D eigenvalue weighted by atomic mass is 32.2. The Bertz CT molecular complexity index is 175. The summed E-state index contributed by atoms with van der Waals surface area (Å²) >= 11 is 1.33. The Hall–Kier alpha value is 0.150. The van der Waals surface area contributed by atoms with Crippen LogP contribution in [0.3, 0.4) is 0 Å². The molecule has 0 amide bonds. The molecule has 1 aliphatic heterocycles. The van der Waals surface area contributed by atoms with E-state index in [2.05, 4.69) is 0 Å². The minimum absolute atomic E-state index is 0.369. The van der Waals surface area contributed by atoms with Crippen LogP contribution in [0.4, 0.5) is 0 Å². The average Bonchev–Trinajstić information content (AvgIpc) is 2.19. The van der Waals surface area contributed by atoms with Gasteiger partial charge in [0.1, 0.15) is 29.9 Å². The zero-order valence-electron chi connectivity index (χ0n) is 7.91. The first-order valence-electron chi connectivity index (χ1n) is 4.54. The normalized spacial score (nSPS) is 43.9. The lowest BCUT2D eigenvalue weighted by Crippen LogP contribution is -2.57. The van der Waals surface area contributed by atoms with Gasteiger partial charge in [-0.05, 0) is 5.75 Å². The van der Waals surface area contributed by atoms with Gasteiger partial charge in [0, 0.05) is 0 Å². The van der Waals surface area contributed by atoms with Crippen LogP contribution in [0.25, 0.3) is 0 Å². The fourth-order valence-electron chi connectivity index (χ4n) is 1.37. The molecule has 1 rings (SSSR count). The molecule has 5 atom stereocenters. The van der Waals surface area contributed by atoms with Crippen molar-refractivity contribution in [3.05, 3.63) is 0 Å². The lowest BCUT2D eigenvalue weighted by Gasteiger charge is -2.39. The van der Waals surface area contributed by atoms with Gasteiger partial charge in [-0.3, -0.25) is 0 Å². The summed E-state index contributed by atoms with van der Waals surface area (Å²) in [5.41, 5.74) is -0.587. The molecule has 1 heterocycles. The highest BCUT2D eigenvalue weighted by Crippen LogP contribution is 2.27. The third kappa shape index (κ3) is 2.39. The summed E-state index contributed by atoms with van der Waals surface area (Å²) in [6.07, 6.45) is -4.43. The average molecular weight is 224 g/mol. The van der Waals surface area contributed by atoms with Gasteiger partial charge in [-0.1, -0.05) is 6.92 Å². The van der Waals surface area contributed by atoms with Crippen LogP contribution in [0, 0.1) is 0 Å². The van der Waals surface area contributed by atoms with Gasteiger partial charge in [-0.25, -0.2) is 0 Å². The van der Waals surface area contributed by atoms with Crippen molar-refractivity contribution < 1.29 is 25.2 Å². The molecule has 0 unspecified atom stereocenters. The van der Waals surface area contributed by atoms with Crippen LogP contribution in [0.1, 0.15) is 6.92 Å². The number of hydrogen-bond donors (Lipinski definition) is 4. The quantitative estimate of drug-likeness (QED) is 0.468. The Balaban J connectivity index is 2.63. The monoisotopic (exact) mass is 224 g/mol. The fourth-order valence-corrected chi connectivity index (χ4v) is 2.28. The molecule has 6 heteroatoms. The minimum Gasteiger partial charge on any atom is -0.394 e. The van der Waals surface area contributed by atoms with Gasteiger partial charge in [0.25, 0.3) is 0 Å². The van der Waals surface area contributed by atoms with Gasteiger partial charge in [-0.2, -0.15) is 0 Å². The van der Waals surface area contributed by atoms with E-state index >= 15 is 0 Å². The molecule has 0 aromatic carbocycles. The Labute approximate surface area is 86.7 Å². The smallest absolute Gasteiger partial charge is 0.132 e. The maximum Gasteiger partial charge on any atom is 0.132 e. The zero-order valence-corrected chi connectivity index (χ0v) is 8.72. The summed E-state index contributed by atoms with van der Waals surface area (Å²) in [5.74, 6) is 0.725. The van der Waals surface area contributed by atoms with Gasteiger partial charge in [0.2, 0.25) is 0 Å². The van der Waals surface area contributed by atoms with E-state index < -0.39 is 29.9 Å². The molecule has 0 radical (unpaired) electrons. The van der Waals surface area contributed by atoms with Crippen LogP contribution in [0.15, 0.2) is 0 Å². The predicted octanol–water partition coefficient (Wildman–Crippen LogP) is -1.46. The van der Waals surface area contributed by atoms with Crippen LogP contribution >= 0.6 is 11.8 Å². The molecule has 1 saturated heterocycles. The van der Waals surface area contributed by atoms with E-state index in [-0.39, 0.29) is 6.61 Å². The number of rotatable bonds is 3. The lowest BCUT2D eigenvalue weighted by atomic mass is 10.0. The van der Waals surface area contributed by atoms with Crippen LogP contribution < -0.4 is 0 Å². The SMILES string of the molecule is CCS[C@@H]1O[C@H](CO)[C@@H](O)[C@H](O)[C@H]1O. The molecule has 1 aliphatic rings. The molecule has 84 valence electrons. The van der Waals surface area contributed by atoms with Crippen molar-refractivity contribution >= 4 is 11.8 Å². The van der Waals surface area contributed by atoms with Crippen molar-refractivity contribution in [3.8, 4) is 0 Å². The zero-order chi connectivity index (χ0) is 10.7. The van der Waals surface area contributed by atoms with E-state index in [1.807, 2.05) is 6.92 Å². The van der Waals surface area contributed by atoms with Crippen molar-refractivity contribution in [3.63, 3.8) is 0 Å². The van der Waals surface area contributed by atoms with Crippen LogP contribution in [-0.2, 0) is 4.74 Å². The number of ether oxygens (including phenoxy) is 1. The summed E-state index contributed by atoms with van der Waals surface area (Å²) in [7, 11) is 0. The molecule has 0 aromatic heterocycles. The number of hydrogen-bond acceptors (Lipinski definition) is 6. The van der Waals surface area contributed by atoms with E-state index in [9.17, 15) is 15.3 Å². The first kappa shape index (κ1) is 12.2. The Kier molecular flexibility index (Phi) is 4.62. The van der Waals surface area contributed by atoms with Gasteiger partial charge in [0.15, 0.2) is 0 Å². The van der Waals surface area contributed by atoms with Crippen molar-refractivity contribution in [1.82, 2.24) is 0 Å². The van der Waals surface area contributed by atoms with E-state index in [1.54, 1.807) is 0 Å². The highest BCUT2D eigenvalue weighted by Gasteiger charge is 2.43. The molecule has 0 aliphatic carbocycles. The molecule has 5 nitrogen and oxygen atoms in total. The molecule has 0 aromatic rings. The van der Waals surface area contributed by atoms with Crippen molar-refractivity contribution in [2.24, 2.45) is 0 Å². The summed E-state index contributed by atoms with van der Waals surface area (Å²) in [5, 5.41) is 37.2. The number of thioether (sulfide) groups is 1. The van der Waals surface area contributed by atoms with Gasteiger partial charge in [-0.15, -0.1) is 11.8 Å². The van der Waals surface area contributed by atoms with Crippen LogP contribution in [-0.4, -0.2) is 62.6 Å². The third-order valence-electron chi connectivity index (χ3n) is 2.18. The second-order valence-corrected chi connectivity index (χ2v) is 4.53. The maximum absolute atomic E-state index is 9.51. The second-order valence-electron chi connectivity index (χ2n) is 3.15. The number of aliphatic hydroxyl groups excluding tert-OH is 4. The standard InChI is InChI=1S/C8H16O5S/c1-2-14-8-7(12)6(11)5(10)4(3-9)13-8/h4-12H,2-3H2,1H3/t4-,5-,6+,7-,8+/m1/s1. The van der Waals surface area contributed by atoms with Crippen LogP contribution in [0.5, 0.6) is 0 Å². The van der Waals surface area contributed by atoms with Crippen LogP contribution in [0.2, 0.25) is 0 Å². The molecular formula is C8H16O5S. The molecule has 4 N–H and O–H groups in total. The van der Waals surface area contributed by atoms with Gasteiger partial charge < -0.3 is 25.2 Å². The first-order chi connectivity index (χ1) is 6.61. The van der Waals surface area contributed by atoms with Crippen molar-refractivity contribution in [1.29, 1.82) is 0 Å². The van der Waals surface area contributed by atoms with Crippen molar-refractivity contribution in [2.75, 3.05) is 12.4 Å². The summed E-state index contributed by atoms with van der Waals surface area (Å²) < 4.78 is 5.22. The van der Waals surface area contributed by atoms with Gasteiger partial charge in [0.05, 0.1) is 6.61 Å². The minimum atomic E-state index is -1.26. The van der Waals surface area contributed by atoms with E-state index in [1.165, 1.54) is 11.8 Å². The molecule has 0 spiro atoms. The molecule has 0 saturated carbocycles.